The van der Waals surface area contributed by atoms with E-state index in [9.17, 15) is 8.42 Å². The third-order valence-electron chi connectivity index (χ3n) is 4.96. The van der Waals surface area contributed by atoms with E-state index in [1.165, 1.54) is 24.0 Å². The van der Waals surface area contributed by atoms with Gasteiger partial charge in [0.2, 0.25) is 10.0 Å². The topological polar surface area (TPSA) is 83.0 Å². The molecule has 1 unspecified atom stereocenters. The van der Waals surface area contributed by atoms with Crippen LogP contribution in [-0.4, -0.2) is 53.5 Å². The molecule has 0 heterocycles. The molecule has 0 aliphatic heterocycles. The molecule has 0 saturated carbocycles. The first-order chi connectivity index (χ1) is 14.3. The summed E-state index contributed by atoms with van der Waals surface area (Å²) >= 11 is 0. The molecule has 0 bridgehead atoms. The molecule has 7 nitrogen and oxygen atoms in total. The monoisotopic (exact) mass is 560 g/mol. The normalized spacial score (nSPS) is 12.8. The molecule has 172 valence electrons. The maximum atomic E-state index is 12.5. The number of halogens is 1. The van der Waals surface area contributed by atoms with Crippen LogP contribution in [0.3, 0.4) is 0 Å². The minimum atomic E-state index is -3.50. The highest BCUT2D eigenvalue weighted by molar-refractivity contribution is 14.0. The quantitative estimate of drug-likeness (QED) is 0.279. The average molecular weight is 561 g/mol. The van der Waals surface area contributed by atoms with Gasteiger partial charge in [0.1, 0.15) is 5.75 Å². The van der Waals surface area contributed by atoms with Gasteiger partial charge < -0.3 is 15.4 Å². The first-order valence-electron chi connectivity index (χ1n) is 9.88. The first-order valence-corrected chi connectivity index (χ1v) is 11.3. The van der Waals surface area contributed by atoms with Gasteiger partial charge in [-0.15, -0.1) is 24.0 Å². The predicted molar refractivity (Wildman–Crippen MR) is 137 cm³/mol. The molecule has 2 N–H and O–H groups in total. The van der Waals surface area contributed by atoms with Gasteiger partial charge in [0.25, 0.3) is 0 Å². The largest absolute Gasteiger partial charge is 0.497 e. The minimum absolute atomic E-state index is 0. The van der Waals surface area contributed by atoms with Gasteiger partial charge in [-0.3, -0.25) is 4.99 Å². The lowest BCUT2D eigenvalue weighted by Gasteiger charge is -2.18. The Morgan fingerprint density at radius 1 is 1.10 bits per heavy atom. The van der Waals surface area contributed by atoms with E-state index in [1.54, 1.807) is 26.3 Å². The minimum Gasteiger partial charge on any atom is -0.497 e. The molecule has 31 heavy (non-hydrogen) atoms. The molecule has 0 aromatic heterocycles. The zero-order valence-electron chi connectivity index (χ0n) is 18.8. The molecule has 0 aliphatic carbocycles. The van der Waals surface area contributed by atoms with E-state index in [2.05, 4.69) is 34.7 Å². The molecule has 0 aliphatic rings. The van der Waals surface area contributed by atoms with Gasteiger partial charge in [-0.05, 0) is 41.7 Å². The van der Waals surface area contributed by atoms with Crippen LogP contribution in [0.2, 0.25) is 0 Å². The predicted octanol–water partition coefficient (Wildman–Crippen LogP) is 3.42. The van der Waals surface area contributed by atoms with Gasteiger partial charge in [0.15, 0.2) is 5.96 Å². The zero-order valence-corrected chi connectivity index (χ0v) is 21.9. The summed E-state index contributed by atoms with van der Waals surface area (Å²) in [5.74, 6) is 1.87. The van der Waals surface area contributed by atoms with Crippen LogP contribution in [-0.2, 0) is 16.6 Å². The van der Waals surface area contributed by atoms with Gasteiger partial charge in [0.05, 0.1) is 12.0 Å². The van der Waals surface area contributed by atoms with Crippen molar-refractivity contribution in [3.63, 3.8) is 0 Å². The van der Waals surface area contributed by atoms with E-state index in [0.29, 0.717) is 28.9 Å². The maximum absolute atomic E-state index is 12.5. The highest BCUT2D eigenvalue weighted by Crippen LogP contribution is 2.21. The fourth-order valence-corrected chi connectivity index (χ4v) is 4.12. The molecule has 0 fully saturated rings. The Balaban J connectivity index is 0.00000480. The standard InChI is InChI=1S/C22H32N4O3S.HI/c1-17(18-10-12-20(29-5)13-11-18)14-15-24-22(23-2)25-16-19-8-6-7-9-21(19)30(27,28)26(3)4;/h6-13,17H,14-16H2,1-5H3,(H2,23,24,25);1H. The summed E-state index contributed by atoms with van der Waals surface area (Å²) in [5.41, 5.74) is 1.95. The smallest absolute Gasteiger partial charge is 0.242 e. The number of methoxy groups -OCH3 is 1. The van der Waals surface area contributed by atoms with Crippen LogP contribution in [0.4, 0.5) is 0 Å². The van der Waals surface area contributed by atoms with Crippen LogP contribution in [0.5, 0.6) is 5.75 Å². The number of nitrogens with one attached hydrogen (secondary N) is 2. The van der Waals surface area contributed by atoms with E-state index in [0.717, 1.165) is 18.7 Å². The van der Waals surface area contributed by atoms with Crippen molar-refractivity contribution in [1.82, 2.24) is 14.9 Å². The summed E-state index contributed by atoms with van der Waals surface area (Å²) in [7, 11) is 2.92. The Hall–Kier alpha value is -1.85. The molecule has 0 radical (unpaired) electrons. The van der Waals surface area contributed by atoms with Crippen molar-refractivity contribution in [2.45, 2.75) is 30.7 Å². The van der Waals surface area contributed by atoms with Crippen molar-refractivity contribution in [1.29, 1.82) is 0 Å². The summed E-state index contributed by atoms with van der Waals surface area (Å²) < 4.78 is 31.5. The Bertz CT molecular complexity index is 947. The molecular formula is C22H33IN4O3S. The van der Waals surface area contributed by atoms with Gasteiger partial charge in [-0.2, -0.15) is 0 Å². The van der Waals surface area contributed by atoms with E-state index in [-0.39, 0.29) is 24.0 Å². The van der Waals surface area contributed by atoms with Gasteiger partial charge in [-0.1, -0.05) is 37.3 Å². The molecule has 9 heteroatoms. The van der Waals surface area contributed by atoms with Crippen molar-refractivity contribution in [3.8, 4) is 5.75 Å². The molecule has 0 spiro atoms. The van der Waals surface area contributed by atoms with Crippen molar-refractivity contribution >= 4 is 40.0 Å². The molecule has 1 atom stereocenters. The lowest BCUT2D eigenvalue weighted by Crippen LogP contribution is -2.38. The third-order valence-corrected chi connectivity index (χ3v) is 6.87. The number of hydrogen-bond donors (Lipinski definition) is 2. The highest BCUT2D eigenvalue weighted by Gasteiger charge is 2.20. The van der Waals surface area contributed by atoms with E-state index in [4.69, 9.17) is 4.74 Å². The summed E-state index contributed by atoms with van der Waals surface area (Å²) in [6.45, 7) is 3.28. The fourth-order valence-electron chi connectivity index (χ4n) is 3.00. The summed E-state index contributed by atoms with van der Waals surface area (Å²) in [6.07, 6.45) is 0.929. The number of ether oxygens (including phenoxy) is 1. The number of nitrogens with zero attached hydrogens (tertiary/aromatic N) is 2. The second kappa shape index (κ2) is 12.9. The van der Waals surface area contributed by atoms with Crippen molar-refractivity contribution < 1.29 is 13.2 Å². The molecule has 0 saturated heterocycles. The van der Waals surface area contributed by atoms with Crippen LogP contribution in [0, 0.1) is 0 Å². The molecule has 2 rings (SSSR count). The van der Waals surface area contributed by atoms with Crippen molar-refractivity contribution in [2.75, 3.05) is 34.8 Å². The van der Waals surface area contributed by atoms with Gasteiger partial charge >= 0.3 is 0 Å². The average Bonchev–Trinajstić information content (AvgIpc) is 2.76. The molecular weight excluding hydrogens is 527 g/mol. The van der Waals surface area contributed by atoms with Crippen LogP contribution >= 0.6 is 24.0 Å². The van der Waals surface area contributed by atoms with Crippen LogP contribution < -0.4 is 15.4 Å². The number of aliphatic imine (C=N–C) groups is 1. The zero-order chi connectivity index (χ0) is 22.1. The van der Waals surface area contributed by atoms with E-state index in [1.807, 2.05) is 24.3 Å². The second-order valence-corrected chi connectivity index (χ2v) is 9.33. The molecule has 2 aromatic rings. The van der Waals surface area contributed by atoms with Crippen LogP contribution in [0.15, 0.2) is 58.4 Å². The highest BCUT2D eigenvalue weighted by atomic mass is 127. The number of benzene rings is 2. The number of sulfonamides is 1. The molecule has 0 amide bonds. The number of guanidine groups is 1. The van der Waals surface area contributed by atoms with Crippen LogP contribution in [0.1, 0.15) is 30.4 Å². The summed E-state index contributed by atoms with van der Waals surface area (Å²) in [6, 6.07) is 15.1. The van der Waals surface area contributed by atoms with Gasteiger partial charge in [0, 0.05) is 34.2 Å². The summed E-state index contributed by atoms with van der Waals surface area (Å²) in [4.78, 5) is 4.54. The van der Waals surface area contributed by atoms with Crippen molar-refractivity contribution in [3.05, 3.63) is 59.7 Å². The first kappa shape index (κ1) is 27.2. The van der Waals surface area contributed by atoms with E-state index >= 15 is 0 Å². The maximum Gasteiger partial charge on any atom is 0.242 e. The van der Waals surface area contributed by atoms with Crippen molar-refractivity contribution in [2.24, 2.45) is 4.99 Å². The third kappa shape index (κ3) is 7.65. The molecule has 2 aromatic carbocycles. The lowest BCUT2D eigenvalue weighted by atomic mass is 9.98. The van der Waals surface area contributed by atoms with Gasteiger partial charge in [-0.25, -0.2) is 12.7 Å². The number of rotatable bonds is 9. The Kier molecular flexibility index (Phi) is 11.3. The Morgan fingerprint density at radius 3 is 2.32 bits per heavy atom. The van der Waals surface area contributed by atoms with Crippen LogP contribution in [0.25, 0.3) is 0 Å². The Morgan fingerprint density at radius 2 is 1.74 bits per heavy atom. The summed E-state index contributed by atoms with van der Waals surface area (Å²) in [5, 5.41) is 6.50. The SMILES string of the molecule is CN=C(NCCC(C)c1ccc(OC)cc1)NCc1ccccc1S(=O)(=O)N(C)C.I. The number of hydrogen-bond acceptors (Lipinski definition) is 4. The Labute approximate surface area is 203 Å². The lowest BCUT2D eigenvalue weighted by molar-refractivity contribution is 0.414. The fraction of sp³-hybridized carbons (Fsp3) is 0.409. The van der Waals surface area contributed by atoms with E-state index < -0.39 is 10.0 Å². The second-order valence-electron chi connectivity index (χ2n) is 7.21.